The molecule has 0 aliphatic carbocycles. The summed E-state index contributed by atoms with van der Waals surface area (Å²) < 4.78 is 16.0. The van der Waals surface area contributed by atoms with Gasteiger partial charge in [-0.3, -0.25) is 4.79 Å². The lowest BCUT2D eigenvalue weighted by Gasteiger charge is -2.15. The van der Waals surface area contributed by atoms with Crippen molar-refractivity contribution in [3.05, 3.63) is 36.0 Å². The second kappa shape index (κ2) is 9.50. The molecule has 1 aromatic heterocycles. The van der Waals surface area contributed by atoms with Crippen LogP contribution in [0.1, 0.15) is 30.1 Å². The fraction of sp³-hybridized carbons (Fsp3) is 0.368. The van der Waals surface area contributed by atoms with E-state index in [4.69, 9.17) is 14.2 Å². The third-order valence-electron chi connectivity index (χ3n) is 3.78. The minimum atomic E-state index is -0.117. The van der Waals surface area contributed by atoms with E-state index in [0.717, 1.165) is 12.8 Å². The molecule has 140 valence electrons. The maximum atomic E-state index is 12.2. The smallest absolute Gasteiger partial charge is 0.251 e. The molecule has 26 heavy (non-hydrogen) atoms. The molecule has 0 bridgehead atoms. The van der Waals surface area contributed by atoms with Gasteiger partial charge in [-0.2, -0.15) is 0 Å². The highest BCUT2D eigenvalue weighted by molar-refractivity contribution is 5.94. The van der Waals surface area contributed by atoms with Crippen LogP contribution in [-0.2, 0) is 0 Å². The van der Waals surface area contributed by atoms with Gasteiger partial charge in [0.15, 0.2) is 11.5 Å². The summed E-state index contributed by atoms with van der Waals surface area (Å²) in [6, 6.07) is 6.93. The van der Waals surface area contributed by atoms with Crippen LogP contribution in [0.3, 0.4) is 0 Å². The van der Waals surface area contributed by atoms with Crippen molar-refractivity contribution in [2.45, 2.75) is 19.8 Å². The first-order valence-electron chi connectivity index (χ1n) is 8.44. The van der Waals surface area contributed by atoms with Crippen molar-refractivity contribution in [2.75, 3.05) is 33.2 Å². The molecule has 0 radical (unpaired) electrons. The zero-order valence-electron chi connectivity index (χ0n) is 15.6. The number of nitrogens with one attached hydrogen (secondary N) is 2. The van der Waals surface area contributed by atoms with E-state index in [1.165, 1.54) is 0 Å². The van der Waals surface area contributed by atoms with E-state index < -0.39 is 0 Å². The van der Waals surface area contributed by atoms with Crippen molar-refractivity contribution >= 4 is 17.4 Å². The van der Waals surface area contributed by atoms with Gasteiger partial charge in [0, 0.05) is 36.1 Å². The predicted molar refractivity (Wildman–Crippen MR) is 101 cm³/mol. The molecular formula is C19H25N3O4. The molecule has 0 saturated heterocycles. The lowest BCUT2D eigenvalue weighted by Crippen LogP contribution is -2.24. The molecule has 0 atom stereocenters. The molecule has 7 nitrogen and oxygen atoms in total. The first kappa shape index (κ1) is 19.4. The number of hydrogen-bond acceptors (Lipinski definition) is 6. The Labute approximate surface area is 153 Å². The maximum absolute atomic E-state index is 12.2. The number of methoxy groups -OCH3 is 3. The van der Waals surface area contributed by atoms with Crippen LogP contribution in [0.4, 0.5) is 11.5 Å². The van der Waals surface area contributed by atoms with Gasteiger partial charge in [0.2, 0.25) is 5.75 Å². The lowest BCUT2D eigenvalue weighted by atomic mass is 10.2. The van der Waals surface area contributed by atoms with E-state index in [2.05, 4.69) is 22.5 Å². The monoisotopic (exact) mass is 359 g/mol. The Hall–Kier alpha value is -2.96. The molecule has 2 N–H and O–H groups in total. The third-order valence-corrected chi connectivity index (χ3v) is 3.78. The molecule has 0 saturated carbocycles. The van der Waals surface area contributed by atoms with Crippen molar-refractivity contribution in [3.63, 3.8) is 0 Å². The number of rotatable bonds is 9. The summed E-state index contributed by atoms with van der Waals surface area (Å²) in [7, 11) is 4.66. The summed E-state index contributed by atoms with van der Waals surface area (Å²) >= 11 is 0. The van der Waals surface area contributed by atoms with Crippen LogP contribution in [0.25, 0.3) is 0 Å². The summed E-state index contributed by atoms with van der Waals surface area (Å²) in [6.07, 6.45) is 3.58. The van der Waals surface area contributed by atoms with E-state index >= 15 is 0 Å². The largest absolute Gasteiger partial charge is 0.493 e. The van der Waals surface area contributed by atoms with E-state index in [0.29, 0.717) is 40.9 Å². The van der Waals surface area contributed by atoms with Crippen LogP contribution in [0.2, 0.25) is 0 Å². The van der Waals surface area contributed by atoms with Gasteiger partial charge >= 0.3 is 0 Å². The van der Waals surface area contributed by atoms with Gasteiger partial charge in [-0.25, -0.2) is 4.98 Å². The fourth-order valence-electron chi connectivity index (χ4n) is 2.42. The van der Waals surface area contributed by atoms with Crippen molar-refractivity contribution in [1.29, 1.82) is 0 Å². The Balaban J connectivity index is 2.21. The van der Waals surface area contributed by atoms with Crippen molar-refractivity contribution in [3.8, 4) is 17.2 Å². The SMILES string of the molecule is CCCCNC(=O)c1ccnc(Nc2cc(OC)c(OC)c(OC)c2)c1. The molecule has 1 amide bonds. The molecule has 1 aromatic carbocycles. The average molecular weight is 359 g/mol. The summed E-state index contributed by atoms with van der Waals surface area (Å²) in [5, 5.41) is 6.05. The second-order valence-electron chi connectivity index (χ2n) is 5.58. The van der Waals surface area contributed by atoms with Gasteiger partial charge in [-0.05, 0) is 18.6 Å². The number of hydrogen-bond donors (Lipinski definition) is 2. The summed E-state index contributed by atoms with van der Waals surface area (Å²) in [4.78, 5) is 16.4. The van der Waals surface area contributed by atoms with E-state index in [1.54, 1.807) is 51.8 Å². The van der Waals surface area contributed by atoms with Crippen molar-refractivity contribution < 1.29 is 19.0 Å². The van der Waals surface area contributed by atoms with E-state index in [-0.39, 0.29) is 5.91 Å². The number of ether oxygens (including phenoxy) is 3. The van der Waals surface area contributed by atoms with E-state index in [1.807, 2.05) is 0 Å². The van der Waals surface area contributed by atoms with Gasteiger partial charge in [0.05, 0.1) is 21.3 Å². The Morgan fingerprint density at radius 3 is 2.35 bits per heavy atom. The number of unbranched alkanes of at least 4 members (excludes halogenated alkanes) is 1. The fourth-order valence-corrected chi connectivity index (χ4v) is 2.42. The second-order valence-corrected chi connectivity index (χ2v) is 5.58. The zero-order chi connectivity index (χ0) is 18.9. The topological polar surface area (TPSA) is 81.7 Å². The van der Waals surface area contributed by atoms with Crippen LogP contribution in [0, 0.1) is 0 Å². The number of carbonyl (C=O) groups excluding carboxylic acids is 1. The highest BCUT2D eigenvalue weighted by Crippen LogP contribution is 2.40. The van der Waals surface area contributed by atoms with E-state index in [9.17, 15) is 4.79 Å². The molecule has 7 heteroatoms. The molecular weight excluding hydrogens is 334 g/mol. The standard InChI is InChI=1S/C19H25N3O4/c1-5-6-8-21-19(23)13-7-9-20-17(10-13)22-14-11-15(24-2)18(26-4)16(12-14)25-3/h7,9-12H,5-6,8H2,1-4H3,(H,20,22)(H,21,23). The minimum absolute atomic E-state index is 0.117. The van der Waals surface area contributed by atoms with Crippen molar-refractivity contribution in [2.24, 2.45) is 0 Å². The van der Waals surface area contributed by atoms with Gasteiger partial charge in [-0.15, -0.1) is 0 Å². The average Bonchev–Trinajstić information content (AvgIpc) is 2.67. The van der Waals surface area contributed by atoms with Crippen LogP contribution >= 0.6 is 0 Å². The highest BCUT2D eigenvalue weighted by Gasteiger charge is 2.14. The number of carbonyl (C=O) groups is 1. The molecule has 0 fully saturated rings. The summed E-state index contributed by atoms with van der Waals surface area (Å²) in [6.45, 7) is 2.74. The van der Waals surface area contributed by atoms with Crippen LogP contribution in [0.15, 0.2) is 30.5 Å². The Morgan fingerprint density at radius 1 is 1.08 bits per heavy atom. The lowest BCUT2D eigenvalue weighted by molar-refractivity contribution is 0.0953. The van der Waals surface area contributed by atoms with Gasteiger partial charge < -0.3 is 24.8 Å². The molecule has 1 heterocycles. The summed E-state index contributed by atoms with van der Waals surface area (Å²) in [5.41, 5.74) is 1.25. The van der Waals surface area contributed by atoms with Crippen molar-refractivity contribution in [1.82, 2.24) is 10.3 Å². The number of benzene rings is 1. The Morgan fingerprint density at radius 2 is 1.77 bits per heavy atom. The Bertz CT molecular complexity index is 724. The quantitative estimate of drug-likeness (QED) is 0.668. The first-order chi connectivity index (χ1) is 12.6. The third kappa shape index (κ3) is 4.78. The molecule has 2 rings (SSSR count). The molecule has 2 aromatic rings. The van der Waals surface area contributed by atoms with Crippen LogP contribution in [0.5, 0.6) is 17.2 Å². The molecule has 0 spiro atoms. The number of aromatic nitrogens is 1. The zero-order valence-corrected chi connectivity index (χ0v) is 15.6. The van der Waals surface area contributed by atoms with Crippen LogP contribution < -0.4 is 24.8 Å². The minimum Gasteiger partial charge on any atom is -0.493 e. The molecule has 0 unspecified atom stereocenters. The van der Waals surface area contributed by atoms with Gasteiger partial charge in [-0.1, -0.05) is 13.3 Å². The first-order valence-corrected chi connectivity index (χ1v) is 8.44. The predicted octanol–water partition coefficient (Wildman–Crippen LogP) is 3.38. The highest BCUT2D eigenvalue weighted by atomic mass is 16.5. The number of anilines is 2. The number of nitrogens with zero attached hydrogens (tertiary/aromatic N) is 1. The Kier molecular flexibility index (Phi) is 7.08. The molecule has 0 aliphatic rings. The van der Waals surface area contributed by atoms with Gasteiger partial charge in [0.25, 0.3) is 5.91 Å². The number of pyridine rings is 1. The van der Waals surface area contributed by atoms with Gasteiger partial charge in [0.1, 0.15) is 5.82 Å². The number of amides is 1. The summed E-state index contributed by atoms with van der Waals surface area (Å²) in [5.74, 6) is 2.00. The van der Waals surface area contributed by atoms with Crippen LogP contribution in [-0.4, -0.2) is 38.8 Å². The molecule has 0 aliphatic heterocycles. The normalized spacial score (nSPS) is 10.2. The maximum Gasteiger partial charge on any atom is 0.251 e.